The van der Waals surface area contributed by atoms with E-state index in [1.54, 1.807) is 17.7 Å². The molecule has 0 saturated carbocycles. The molecule has 0 aliphatic carbocycles. The summed E-state index contributed by atoms with van der Waals surface area (Å²) in [6, 6.07) is 3.59. The Bertz CT molecular complexity index is 396. The summed E-state index contributed by atoms with van der Waals surface area (Å²) >= 11 is 0. The van der Waals surface area contributed by atoms with Gasteiger partial charge in [0.2, 0.25) is 0 Å². The summed E-state index contributed by atoms with van der Waals surface area (Å²) in [5.41, 5.74) is 1.28. The first kappa shape index (κ1) is 12.9. The Hall–Kier alpha value is -1.13. The van der Waals surface area contributed by atoms with Crippen molar-refractivity contribution in [1.82, 2.24) is 4.57 Å². The number of aliphatic hydroxyl groups excluding tert-OH is 1. The van der Waals surface area contributed by atoms with Crippen LogP contribution in [0.4, 0.5) is 0 Å². The number of nitrogens with zero attached hydrogens (tertiary/aromatic N) is 1. The second-order valence-corrected chi connectivity index (χ2v) is 4.05. The van der Waals surface area contributed by atoms with Crippen molar-refractivity contribution in [2.45, 2.75) is 32.9 Å². The molecule has 0 aliphatic rings. The van der Waals surface area contributed by atoms with Gasteiger partial charge in [0.25, 0.3) is 5.56 Å². The summed E-state index contributed by atoms with van der Waals surface area (Å²) < 4.78 is 6.67. The second-order valence-electron chi connectivity index (χ2n) is 4.05. The van der Waals surface area contributed by atoms with E-state index >= 15 is 0 Å². The average molecular weight is 225 g/mol. The molecular formula is C12H19NO3. The Labute approximate surface area is 95.5 Å². The van der Waals surface area contributed by atoms with Crippen LogP contribution in [0.1, 0.15) is 31.0 Å². The van der Waals surface area contributed by atoms with Crippen LogP contribution in [-0.4, -0.2) is 23.4 Å². The molecule has 0 unspecified atom stereocenters. The van der Waals surface area contributed by atoms with Gasteiger partial charge in [0.1, 0.15) is 0 Å². The highest BCUT2D eigenvalue weighted by Gasteiger charge is 2.10. The van der Waals surface area contributed by atoms with Crippen molar-refractivity contribution in [3.63, 3.8) is 0 Å². The molecule has 1 aromatic rings. The highest BCUT2D eigenvalue weighted by Crippen LogP contribution is 2.12. The number of rotatable bonds is 5. The molecule has 0 saturated heterocycles. The molecule has 4 nitrogen and oxygen atoms in total. The highest BCUT2D eigenvalue weighted by molar-refractivity contribution is 5.17. The molecular weight excluding hydrogens is 206 g/mol. The predicted molar refractivity (Wildman–Crippen MR) is 62.6 cm³/mol. The molecule has 1 heterocycles. The summed E-state index contributed by atoms with van der Waals surface area (Å²) in [7, 11) is 1.61. The van der Waals surface area contributed by atoms with Gasteiger partial charge in [0, 0.05) is 24.9 Å². The lowest BCUT2D eigenvalue weighted by molar-refractivity contribution is 0.184. The predicted octanol–water partition coefficient (Wildman–Crippen LogP) is 1.11. The van der Waals surface area contributed by atoms with Gasteiger partial charge in [-0.05, 0) is 18.1 Å². The molecule has 4 heteroatoms. The minimum atomic E-state index is -0.218. The summed E-state index contributed by atoms with van der Waals surface area (Å²) in [4.78, 5) is 12.0. The van der Waals surface area contributed by atoms with E-state index in [-0.39, 0.29) is 18.1 Å². The first-order chi connectivity index (χ1) is 7.61. The van der Waals surface area contributed by atoms with Gasteiger partial charge in [0.05, 0.1) is 13.2 Å². The van der Waals surface area contributed by atoms with Crippen LogP contribution < -0.4 is 5.56 Å². The molecule has 16 heavy (non-hydrogen) atoms. The number of aromatic nitrogens is 1. The normalized spacial score (nSPS) is 11.1. The summed E-state index contributed by atoms with van der Waals surface area (Å²) in [6.45, 7) is 4.88. The lowest BCUT2D eigenvalue weighted by atomic mass is 10.1. The quantitative estimate of drug-likeness (QED) is 0.816. The number of ether oxygens (including phenoxy) is 1. The van der Waals surface area contributed by atoms with Crippen LogP contribution in [-0.2, 0) is 17.9 Å². The Morgan fingerprint density at radius 2 is 2.12 bits per heavy atom. The Morgan fingerprint density at radius 3 is 2.62 bits per heavy atom. The van der Waals surface area contributed by atoms with Crippen LogP contribution in [0.5, 0.6) is 0 Å². The van der Waals surface area contributed by atoms with Crippen molar-refractivity contribution in [2.24, 2.45) is 0 Å². The molecule has 0 radical (unpaired) electrons. The number of hydrogen-bond acceptors (Lipinski definition) is 3. The smallest absolute Gasteiger partial charge is 0.256 e. The maximum Gasteiger partial charge on any atom is 0.256 e. The number of hydrogen-bond donors (Lipinski definition) is 1. The van der Waals surface area contributed by atoms with E-state index in [1.807, 2.05) is 19.9 Å². The highest BCUT2D eigenvalue weighted by atomic mass is 16.5. The van der Waals surface area contributed by atoms with Crippen LogP contribution >= 0.6 is 0 Å². The van der Waals surface area contributed by atoms with Gasteiger partial charge in [-0.3, -0.25) is 4.79 Å². The SMILES string of the molecule is COCCn1c(C(C)C)ccc(CO)c1=O. The van der Waals surface area contributed by atoms with Crippen molar-refractivity contribution in [2.75, 3.05) is 13.7 Å². The monoisotopic (exact) mass is 225 g/mol. The van der Waals surface area contributed by atoms with E-state index in [2.05, 4.69) is 0 Å². The van der Waals surface area contributed by atoms with Crippen molar-refractivity contribution >= 4 is 0 Å². The fourth-order valence-electron chi connectivity index (χ4n) is 1.68. The zero-order chi connectivity index (χ0) is 12.1. The van der Waals surface area contributed by atoms with Crippen LogP contribution in [0.15, 0.2) is 16.9 Å². The standard InChI is InChI=1S/C12H19NO3/c1-9(2)11-5-4-10(8-14)12(15)13(11)6-7-16-3/h4-5,9,14H,6-8H2,1-3H3. The van der Waals surface area contributed by atoms with E-state index in [1.165, 1.54) is 0 Å². The van der Waals surface area contributed by atoms with Gasteiger partial charge in [-0.15, -0.1) is 0 Å². The largest absolute Gasteiger partial charge is 0.391 e. The van der Waals surface area contributed by atoms with Gasteiger partial charge >= 0.3 is 0 Å². The fourth-order valence-corrected chi connectivity index (χ4v) is 1.68. The third-order valence-corrected chi connectivity index (χ3v) is 2.57. The molecule has 0 atom stereocenters. The fraction of sp³-hybridized carbons (Fsp3) is 0.583. The number of methoxy groups -OCH3 is 1. The molecule has 1 N–H and O–H groups in total. The van der Waals surface area contributed by atoms with Crippen LogP contribution in [0.2, 0.25) is 0 Å². The maximum atomic E-state index is 12.0. The van der Waals surface area contributed by atoms with Gasteiger partial charge in [-0.1, -0.05) is 13.8 Å². The molecule has 0 bridgehead atoms. The number of aliphatic hydroxyl groups is 1. The Morgan fingerprint density at radius 1 is 1.44 bits per heavy atom. The van der Waals surface area contributed by atoms with Gasteiger partial charge in [-0.25, -0.2) is 0 Å². The molecule has 0 aromatic carbocycles. The topological polar surface area (TPSA) is 51.5 Å². The lowest BCUT2D eigenvalue weighted by Crippen LogP contribution is -2.28. The minimum Gasteiger partial charge on any atom is -0.391 e. The molecule has 90 valence electrons. The average Bonchev–Trinajstić information content (AvgIpc) is 2.26. The molecule has 1 aromatic heterocycles. The third kappa shape index (κ3) is 2.71. The first-order valence-electron chi connectivity index (χ1n) is 5.44. The molecule has 0 fully saturated rings. The Kier molecular flexibility index (Phi) is 4.71. The van der Waals surface area contributed by atoms with E-state index in [4.69, 9.17) is 9.84 Å². The summed E-state index contributed by atoms with van der Waals surface area (Å²) in [6.07, 6.45) is 0. The summed E-state index contributed by atoms with van der Waals surface area (Å²) in [5, 5.41) is 9.05. The third-order valence-electron chi connectivity index (χ3n) is 2.57. The Balaban J connectivity index is 3.20. The van der Waals surface area contributed by atoms with Gasteiger partial charge in [0.15, 0.2) is 0 Å². The van der Waals surface area contributed by atoms with Gasteiger partial charge < -0.3 is 14.4 Å². The van der Waals surface area contributed by atoms with Crippen molar-refractivity contribution in [1.29, 1.82) is 0 Å². The van der Waals surface area contributed by atoms with E-state index < -0.39 is 0 Å². The second kappa shape index (κ2) is 5.82. The summed E-state index contributed by atoms with van der Waals surface area (Å²) in [5.74, 6) is 0.275. The van der Waals surface area contributed by atoms with Crippen LogP contribution in [0.25, 0.3) is 0 Å². The molecule has 1 rings (SSSR count). The van der Waals surface area contributed by atoms with Crippen molar-refractivity contribution < 1.29 is 9.84 Å². The van der Waals surface area contributed by atoms with E-state index in [0.717, 1.165) is 5.69 Å². The zero-order valence-corrected chi connectivity index (χ0v) is 10.1. The van der Waals surface area contributed by atoms with Crippen LogP contribution in [0.3, 0.4) is 0 Å². The maximum absolute atomic E-state index is 12.0. The molecule has 0 amide bonds. The first-order valence-corrected chi connectivity index (χ1v) is 5.44. The van der Waals surface area contributed by atoms with Crippen LogP contribution in [0, 0.1) is 0 Å². The molecule has 0 aliphatic heterocycles. The number of pyridine rings is 1. The zero-order valence-electron chi connectivity index (χ0n) is 10.1. The van der Waals surface area contributed by atoms with E-state index in [9.17, 15) is 4.79 Å². The van der Waals surface area contributed by atoms with Crippen molar-refractivity contribution in [3.05, 3.63) is 33.7 Å². The lowest BCUT2D eigenvalue weighted by Gasteiger charge is -2.16. The van der Waals surface area contributed by atoms with Gasteiger partial charge in [-0.2, -0.15) is 0 Å². The van der Waals surface area contributed by atoms with Crippen molar-refractivity contribution in [3.8, 4) is 0 Å². The minimum absolute atomic E-state index is 0.120. The molecule has 0 spiro atoms. The van der Waals surface area contributed by atoms with E-state index in [0.29, 0.717) is 18.7 Å².